The van der Waals surface area contributed by atoms with Gasteiger partial charge < -0.3 is 0 Å². The van der Waals surface area contributed by atoms with Gasteiger partial charge in [-0.1, -0.05) is 38.8 Å². The molecule has 0 saturated heterocycles. The number of hydrogen-bond acceptors (Lipinski definition) is 2. The molecule has 0 radical (unpaired) electrons. The number of hydrogen-bond donors (Lipinski definition) is 0. The molecule has 2 aliphatic carbocycles. The summed E-state index contributed by atoms with van der Waals surface area (Å²) in [5, 5.41) is 0. The molecule has 1 aromatic heterocycles. The van der Waals surface area contributed by atoms with Crippen LogP contribution in [0.2, 0.25) is 0 Å². The normalized spacial score (nSPS) is 16.0. The van der Waals surface area contributed by atoms with E-state index in [1.54, 1.807) is 7.05 Å². The Morgan fingerprint density at radius 1 is 0.818 bits per heavy atom. The lowest BCUT2D eigenvalue weighted by atomic mass is 9.95. The van der Waals surface area contributed by atoms with Gasteiger partial charge >= 0.3 is 0 Å². The summed E-state index contributed by atoms with van der Waals surface area (Å²) in [6.07, 6.45) is 5.63. The fraction of sp³-hybridized carbons (Fsp3) is 0.474. The van der Waals surface area contributed by atoms with Crippen LogP contribution >= 0.6 is 0 Å². The Morgan fingerprint density at radius 3 is 1.50 bits per heavy atom. The van der Waals surface area contributed by atoms with E-state index in [0.29, 0.717) is 11.8 Å². The van der Waals surface area contributed by atoms with Crippen LogP contribution in [-0.4, -0.2) is 4.57 Å². The summed E-state index contributed by atoms with van der Waals surface area (Å²) in [5.41, 5.74) is 5.85. The molecule has 3 nitrogen and oxygen atoms in total. The molecule has 3 heteroatoms. The number of aromatic nitrogens is 1. The highest BCUT2D eigenvalue weighted by molar-refractivity contribution is 5.72. The Labute approximate surface area is 131 Å². The molecule has 0 unspecified atom stereocenters. The van der Waals surface area contributed by atoms with Crippen molar-refractivity contribution in [3.63, 3.8) is 0 Å². The molecule has 0 N–H and O–H groups in total. The smallest absolute Gasteiger partial charge is 0.260 e. The van der Waals surface area contributed by atoms with E-state index in [1.165, 1.54) is 15.7 Å². The van der Waals surface area contributed by atoms with Gasteiger partial charge in [-0.25, -0.2) is 0 Å². The minimum atomic E-state index is -0.162. The fourth-order valence-corrected chi connectivity index (χ4v) is 3.36. The average Bonchev–Trinajstić information content (AvgIpc) is 3.06. The van der Waals surface area contributed by atoms with Crippen LogP contribution in [0.5, 0.6) is 0 Å². The second-order valence-electron chi connectivity index (χ2n) is 7.06. The fourth-order valence-electron chi connectivity index (χ4n) is 3.36. The maximum absolute atomic E-state index is 12.6. The van der Waals surface area contributed by atoms with Crippen molar-refractivity contribution < 1.29 is 0 Å². The number of rotatable bonds is 2. The van der Waals surface area contributed by atoms with Gasteiger partial charge in [0.05, 0.1) is 0 Å². The first-order chi connectivity index (χ1) is 10.3. The third kappa shape index (κ3) is 2.11. The molecule has 22 heavy (non-hydrogen) atoms. The molecule has 0 spiro atoms. The number of allylic oxidation sites excluding steroid dienone is 2. The van der Waals surface area contributed by atoms with E-state index in [0.717, 1.165) is 35.1 Å². The van der Waals surface area contributed by atoms with Crippen LogP contribution in [0.1, 0.15) is 49.9 Å². The number of fused-ring (bicyclic) bond motifs is 3. The lowest BCUT2D eigenvalue weighted by molar-refractivity contribution is 0.744. The molecular formula is C19H23NO2. The summed E-state index contributed by atoms with van der Waals surface area (Å²) in [7, 11) is 1.59. The summed E-state index contributed by atoms with van der Waals surface area (Å²) in [4.78, 5) is 25.2. The van der Waals surface area contributed by atoms with E-state index in [-0.39, 0.29) is 11.1 Å². The van der Waals surface area contributed by atoms with Crippen LogP contribution in [-0.2, 0) is 19.9 Å². The van der Waals surface area contributed by atoms with Gasteiger partial charge in [-0.15, -0.1) is 0 Å². The van der Waals surface area contributed by atoms with E-state index in [9.17, 15) is 9.59 Å². The zero-order valence-corrected chi connectivity index (χ0v) is 14.0. The van der Waals surface area contributed by atoms with Gasteiger partial charge in [-0.3, -0.25) is 14.2 Å². The first-order valence-electron chi connectivity index (χ1n) is 8.01. The zero-order valence-electron chi connectivity index (χ0n) is 14.0. The molecule has 1 heterocycles. The molecule has 3 rings (SSSR count). The second kappa shape index (κ2) is 5.08. The summed E-state index contributed by atoms with van der Waals surface area (Å²) in [5.74, 6) is 0.840. The monoisotopic (exact) mass is 297 g/mol. The van der Waals surface area contributed by atoms with Crippen molar-refractivity contribution in [2.45, 2.75) is 40.5 Å². The van der Waals surface area contributed by atoms with Crippen molar-refractivity contribution in [3.05, 3.63) is 54.1 Å². The van der Waals surface area contributed by atoms with E-state index in [1.807, 2.05) is 12.2 Å². The predicted octanol–water partition coefficient (Wildman–Crippen LogP) is 2.94. The molecule has 0 fully saturated rings. The van der Waals surface area contributed by atoms with Gasteiger partial charge in [-0.2, -0.15) is 0 Å². The molecule has 116 valence electrons. The minimum Gasteiger partial charge on any atom is -0.278 e. The summed E-state index contributed by atoms with van der Waals surface area (Å²) < 4.78 is 1.27. The van der Waals surface area contributed by atoms with E-state index < -0.39 is 0 Å². The molecule has 0 amide bonds. The maximum atomic E-state index is 12.6. The van der Waals surface area contributed by atoms with Crippen molar-refractivity contribution >= 4 is 12.2 Å². The van der Waals surface area contributed by atoms with Gasteiger partial charge in [0.1, 0.15) is 0 Å². The molecule has 0 aromatic carbocycles. The van der Waals surface area contributed by atoms with Gasteiger partial charge in [0, 0.05) is 18.2 Å². The average molecular weight is 297 g/mol. The highest BCUT2D eigenvalue weighted by Crippen LogP contribution is 2.35. The Balaban J connectivity index is 2.32. The number of nitrogens with zero attached hydrogens (tertiary/aromatic N) is 1. The van der Waals surface area contributed by atoms with E-state index >= 15 is 0 Å². The highest BCUT2D eigenvalue weighted by atomic mass is 16.2. The van der Waals surface area contributed by atoms with Crippen molar-refractivity contribution in [1.82, 2.24) is 4.57 Å². The quantitative estimate of drug-likeness (QED) is 0.842. The van der Waals surface area contributed by atoms with Gasteiger partial charge in [0.15, 0.2) is 0 Å². The summed E-state index contributed by atoms with van der Waals surface area (Å²) in [6.45, 7) is 8.61. The van der Waals surface area contributed by atoms with Crippen molar-refractivity contribution in [3.8, 4) is 0 Å². The van der Waals surface area contributed by atoms with Gasteiger partial charge in [-0.05, 0) is 48.0 Å². The van der Waals surface area contributed by atoms with E-state index in [4.69, 9.17) is 0 Å². The van der Waals surface area contributed by atoms with Crippen LogP contribution < -0.4 is 11.1 Å². The molecule has 0 bridgehead atoms. The third-order valence-corrected chi connectivity index (χ3v) is 4.99. The van der Waals surface area contributed by atoms with Crippen LogP contribution in [0.4, 0.5) is 0 Å². The van der Waals surface area contributed by atoms with Crippen LogP contribution in [0.15, 0.2) is 20.7 Å². The van der Waals surface area contributed by atoms with Crippen LogP contribution in [0.25, 0.3) is 12.2 Å². The Bertz CT molecular complexity index is 767. The first kappa shape index (κ1) is 15.0. The minimum absolute atomic E-state index is 0.162. The van der Waals surface area contributed by atoms with Gasteiger partial charge in [0.2, 0.25) is 0 Å². The highest BCUT2D eigenvalue weighted by Gasteiger charge is 2.27. The lowest BCUT2D eigenvalue weighted by Gasteiger charge is -2.08. The molecule has 0 atom stereocenters. The van der Waals surface area contributed by atoms with Crippen molar-refractivity contribution in [2.24, 2.45) is 18.9 Å². The van der Waals surface area contributed by atoms with Crippen LogP contribution in [0, 0.1) is 11.8 Å². The second-order valence-corrected chi connectivity index (χ2v) is 7.06. The van der Waals surface area contributed by atoms with Crippen molar-refractivity contribution in [2.75, 3.05) is 0 Å². The Morgan fingerprint density at radius 2 is 1.18 bits per heavy atom. The standard InChI is InChI=1S/C19H23NO2/c1-10(2)12-6-14-15-7-13(11(3)4)9-17(15)19(22)20(5)18(21)16(14)8-12/h8-11H,6-7H2,1-5H3. The maximum Gasteiger partial charge on any atom is 0.260 e. The molecule has 1 aromatic rings. The Hall–Kier alpha value is -1.90. The molecule has 2 aliphatic rings. The summed E-state index contributed by atoms with van der Waals surface area (Å²) >= 11 is 0. The van der Waals surface area contributed by atoms with Crippen molar-refractivity contribution in [1.29, 1.82) is 0 Å². The summed E-state index contributed by atoms with van der Waals surface area (Å²) in [6, 6.07) is 0. The molecule has 0 saturated carbocycles. The topological polar surface area (TPSA) is 39.1 Å². The zero-order chi connectivity index (χ0) is 16.2. The predicted molar refractivity (Wildman–Crippen MR) is 91.0 cm³/mol. The third-order valence-electron chi connectivity index (χ3n) is 4.99. The molecular weight excluding hydrogens is 274 g/mol. The SMILES string of the molecule is CC(C)C1=Cc2c(c3c(c(=O)n(C)c2=O)C=C(C(C)C)C3)C1. The van der Waals surface area contributed by atoms with Crippen LogP contribution in [0.3, 0.4) is 0 Å². The lowest BCUT2D eigenvalue weighted by Crippen LogP contribution is -2.29. The Kier molecular flexibility index (Phi) is 3.47. The first-order valence-corrected chi connectivity index (χ1v) is 8.01. The largest absolute Gasteiger partial charge is 0.278 e. The van der Waals surface area contributed by atoms with E-state index in [2.05, 4.69) is 27.7 Å². The molecule has 0 aliphatic heterocycles. The van der Waals surface area contributed by atoms with Gasteiger partial charge in [0.25, 0.3) is 11.1 Å².